The van der Waals surface area contributed by atoms with Gasteiger partial charge in [-0.3, -0.25) is 0 Å². The predicted octanol–water partition coefficient (Wildman–Crippen LogP) is 5.40. The molecule has 0 radical (unpaired) electrons. The molecule has 0 saturated heterocycles. The molecule has 1 atom stereocenters. The third-order valence-electron chi connectivity index (χ3n) is 4.99. The second-order valence-corrected chi connectivity index (χ2v) is 7.73. The SMILES string of the molecule is CCCCOc1cccc(F)c1-c1ccc2c(c1)OCC(C)(C)C2NC(=O)O. The normalized spacial score (nSPS) is 17.4. The van der Waals surface area contributed by atoms with Crippen molar-refractivity contribution in [1.82, 2.24) is 5.32 Å². The van der Waals surface area contributed by atoms with Crippen LogP contribution in [0.2, 0.25) is 0 Å². The number of carbonyl (C=O) groups is 1. The number of halogens is 1. The number of unbranched alkanes of at least 4 members (excludes halogenated alkanes) is 1. The van der Waals surface area contributed by atoms with Crippen molar-refractivity contribution in [2.75, 3.05) is 13.2 Å². The summed E-state index contributed by atoms with van der Waals surface area (Å²) < 4.78 is 26.3. The van der Waals surface area contributed by atoms with Gasteiger partial charge in [0.25, 0.3) is 0 Å². The Morgan fingerprint density at radius 1 is 1.36 bits per heavy atom. The van der Waals surface area contributed by atoms with Gasteiger partial charge in [-0.1, -0.05) is 45.4 Å². The zero-order chi connectivity index (χ0) is 20.3. The standard InChI is InChI=1S/C22H26FNO4/c1-4-5-11-27-17-8-6-7-16(23)19(17)14-9-10-15-18(12-14)28-13-22(2,3)20(15)24-21(25)26/h6-10,12,20,24H,4-5,11,13H2,1-3H3,(H,25,26). The van der Waals surface area contributed by atoms with Gasteiger partial charge in [0.15, 0.2) is 0 Å². The molecule has 6 heteroatoms. The summed E-state index contributed by atoms with van der Waals surface area (Å²) in [6.07, 6.45) is 0.794. The van der Waals surface area contributed by atoms with Crippen LogP contribution in [0.5, 0.6) is 11.5 Å². The highest BCUT2D eigenvalue weighted by atomic mass is 19.1. The summed E-state index contributed by atoms with van der Waals surface area (Å²) in [6, 6.07) is 9.71. The summed E-state index contributed by atoms with van der Waals surface area (Å²) in [5, 5.41) is 11.8. The summed E-state index contributed by atoms with van der Waals surface area (Å²) in [6.45, 7) is 6.83. The fourth-order valence-corrected chi connectivity index (χ4v) is 3.45. The van der Waals surface area contributed by atoms with Crippen molar-refractivity contribution in [1.29, 1.82) is 0 Å². The fraction of sp³-hybridized carbons (Fsp3) is 0.409. The Bertz CT molecular complexity index is 866. The van der Waals surface area contributed by atoms with Gasteiger partial charge in [-0.05, 0) is 30.2 Å². The Balaban J connectivity index is 2.00. The minimum absolute atomic E-state index is 0.353. The smallest absolute Gasteiger partial charge is 0.405 e. The molecule has 1 amide bonds. The van der Waals surface area contributed by atoms with Crippen molar-refractivity contribution >= 4 is 6.09 Å². The molecule has 5 nitrogen and oxygen atoms in total. The molecule has 0 aromatic heterocycles. The van der Waals surface area contributed by atoms with Gasteiger partial charge in [-0.15, -0.1) is 0 Å². The van der Waals surface area contributed by atoms with Crippen LogP contribution in [0.3, 0.4) is 0 Å². The maximum Gasteiger partial charge on any atom is 0.405 e. The van der Waals surface area contributed by atoms with Crippen LogP contribution in [0.15, 0.2) is 36.4 Å². The van der Waals surface area contributed by atoms with Gasteiger partial charge in [0, 0.05) is 11.0 Å². The second-order valence-electron chi connectivity index (χ2n) is 7.73. The van der Waals surface area contributed by atoms with Gasteiger partial charge in [-0.25, -0.2) is 9.18 Å². The van der Waals surface area contributed by atoms with E-state index in [9.17, 15) is 14.3 Å². The summed E-state index contributed by atoms with van der Waals surface area (Å²) in [4.78, 5) is 11.2. The second kappa shape index (κ2) is 8.09. The lowest BCUT2D eigenvalue weighted by Gasteiger charge is -2.39. The van der Waals surface area contributed by atoms with E-state index in [0.717, 1.165) is 18.4 Å². The van der Waals surface area contributed by atoms with E-state index in [1.54, 1.807) is 30.3 Å². The summed E-state index contributed by atoms with van der Waals surface area (Å²) >= 11 is 0. The van der Waals surface area contributed by atoms with Crippen LogP contribution < -0.4 is 14.8 Å². The van der Waals surface area contributed by atoms with Crippen LogP contribution in [0.1, 0.15) is 45.2 Å². The van der Waals surface area contributed by atoms with Gasteiger partial charge in [-0.2, -0.15) is 0 Å². The zero-order valence-electron chi connectivity index (χ0n) is 16.4. The molecule has 1 unspecified atom stereocenters. The summed E-state index contributed by atoms with van der Waals surface area (Å²) in [5.41, 5.74) is 1.36. The average molecular weight is 387 g/mol. The van der Waals surface area contributed by atoms with E-state index in [0.29, 0.717) is 35.8 Å². The molecule has 0 spiro atoms. The molecule has 1 aliphatic rings. The number of hydrogen-bond donors (Lipinski definition) is 2. The van der Waals surface area contributed by atoms with Crippen molar-refractivity contribution in [3.8, 4) is 22.6 Å². The molecular weight excluding hydrogens is 361 g/mol. The molecule has 1 heterocycles. The minimum Gasteiger partial charge on any atom is -0.493 e. The monoisotopic (exact) mass is 387 g/mol. The van der Waals surface area contributed by atoms with Gasteiger partial charge in [0.05, 0.1) is 24.8 Å². The first-order chi connectivity index (χ1) is 13.3. The number of amides is 1. The van der Waals surface area contributed by atoms with E-state index >= 15 is 0 Å². The van der Waals surface area contributed by atoms with Gasteiger partial charge >= 0.3 is 6.09 Å². The third kappa shape index (κ3) is 4.06. The number of ether oxygens (including phenoxy) is 2. The lowest BCUT2D eigenvalue weighted by atomic mass is 9.78. The van der Waals surface area contributed by atoms with E-state index in [4.69, 9.17) is 9.47 Å². The number of nitrogens with one attached hydrogen (secondary N) is 1. The van der Waals surface area contributed by atoms with E-state index < -0.39 is 17.6 Å². The van der Waals surface area contributed by atoms with E-state index in [1.807, 2.05) is 13.8 Å². The Kier molecular flexibility index (Phi) is 5.77. The third-order valence-corrected chi connectivity index (χ3v) is 4.99. The van der Waals surface area contributed by atoms with Crippen molar-refractivity contribution in [3.63, 3.8) is 0 Å². The Hall–Kier alpha value is -2.76. The molecule has 3 rings (SSSR count). The highest BCUT2D eigenvalue weighted by Gasteiger charge is 2.38. The Morgan fingerprint density at radius 2 is 2.14 bits per heavy atom. The molecule has 2 aromatic carbocycles. The highest BCUT2D eigenvalue weighted by Crippen LogP contribution is 2.45. The van der Waals surface area contributed by atoms with Crippen molar-refractivity contribution in [2.45, 2.75) is 39.7 Å². The maximum atomic E-state index is 14.6. The number of fused-ring (bicyclic) bond motifs is 1. The zero-order valence-corrected chi connectivity index (χ0v) is 16.4. The van der Waals surface area contributed by atoms with Crippen LogP contribution in [-0.2, 0) is 0 Å². The number of rotatable bonds is 6. The maximum absolute atomic E-state index is 14.6. The largest absolute Gasteiger partial charge is 0.493 e. The van der Waals surface area contributed by atoms with Crippen molar-refractivity contribution in [3.05, 3.63) is 47.8 Å². The molecule has 0 fully saturated rings. The lowest BCUT2D eigenvalue weighted by Crippen LogP contribution is -2.43. The summed E-state index contributed by atoms with van der Waals surface area (Å²) in [7, 11) is 0. The number of carboxylic acid groups (broad SMARTS) is 1. The van der Waals surface area contributed by atoms with Crippen molar-refractivity contribution in [2.24, 2.45) is 5.41 Å². The van der Waals surface area contributed by atoms with Gasteiger partial charge < -0.3 is 19.9 Å². The topological polar surface area (TPSA) is 67.8 Å². The predicted molar refractivity (Wildman–Crippen MR) is 105 cm³/mol. The molecule has 0 bridgehead atoms. The van der Waals surface area contributed by atoms with Crippen molar-refractivity contribution < 1.29 is 23.8 Å². The molecule has 0 saturated carbocycles. The molecule has 28 heavy (non-hydrogen) atoms. The Labute approximate surface area is 164 Å². The van der Waals surface area contributed by atoms with Crippen LogP contribution in [-0.4, -0.2) is 24.4 Å². The van der Waals surface area contributed by atoms with Crippen LogP contribution in [0.25, 0.3) is 11.1 Å². The fourth-order valence-electron chi connectivity index (χ4n) is 3.45. The van der Waals surface area contributed by atoms with Crippen LogP contribution in [0.4, 0.5) is 9.18 Å². The Morgan fingerprint density at radius 3 is 2.86 bits per heavy atom. The van der Waals surface area contributed by atoms with E-state index in [1.165, 1.54) is 6.07 Å². The highest BCUT2D eigenvalue weighted by molar-refractivity contribution is 5.73. The lowest BCUT2D eigenvalue weighted by molar-refractivity contribution is 0.0996. The summed E-state index contributed by atoms with van der Waals surface area (Å²) in [5.74, 6) is 0.674. The van der Waals surface area contributed by atoms with Crippen LogP contribution >= 0.6 is 0 Å². The molecular formula is C22H26FNO4. The van der Waals surface area contributed by atoms with E-state index in [-0.39, 0.29) is 5.82 Å². The molecule has 2 aromatic rings. The molecule has 2 N–H and O–H groups in total. The molecule has 150 valence electrons. The number of hydrogen-bond acceptors (Lipinski definition) is 3. The average Bonchev–Trinajstić information content (AvgIpc) is 2.64. The van der Waals surface area contributed by atoms with Gasteiger partial charge in [0.1, 0.15) is 17.3 Å². The number of benzene rings is 2. The van der Waals surface area contributed by atoms with Gasteiger partial charge in [0.2, 0.25) is 0 Å². The first-order valence-electron chi connectivity index (χ1n) is 9.51. The first kappa shape index (κ1) is 20.0. The molecule has 1 aliphatic heterocycles. The molecule has 0 aliphatic carbocycles. The van der Waals surface area contributed by atoms with E-state index in [2.05, 4.69) is 12.2 Å². The minimum atomic E-state index is -1.09. The first-order valence-corrected chi connectivity index (χ1v) is 9.51. The van der Waals surface area contributed by atoms with Crippen LogP contribution in [0, 0.1) is 11.2 Å². The quantitative estimate of drug-likeness (QED) is 0.651.